The van der Waals surface area contributed by atoms with Crippen molar-refractivity contribution in [3.8, 4) is 0 Å². The average molecular weight is 288 g/mol. The van der Waals surface area contributed by atoms with E-state index in [1.807, 2.05) is 0 Å². The fraction of sp³-hybridized carbons (Fsp3) is 0.692. The smallest absolute Gasteiger partial charge is 0.246 e. The maximum absolute atomic E-state index is 11.1. The molecule has 7 nitrogen and oxygen atoms in total. The highest BCUT2D eigenvalue weighted by Gasteiger charge is 2.00. The Morgan fingerprint density at radius 1 is 1.00 bits per heavy atom. The van der Waals surface area contributed by atoms with Crippen molar-refractivity contribution in [3.05, 3.63) is 12.2 Å². The molecule has 0 atom stereocenters. The van der Waals surface area contributed by atoms with E-state index in [0.717, 1.165) is 0 Å². The quantitative estimate of drug-likeness (QED) is 0.373. The van der Waals surface area contributed by atoms with Gasteiger partial charge in [0, 0.05) is 25.8 Å². The average Bonchev–Trinajstić information content (AvgIpc) is 2.40. The summed E-state index contributed by atoms with van der Waals surface area (Å²) < 4.78 is 15.2. The van der Waals surface area contributed by atoms with Crippen molar-refractivity contribution in [2.24, 2.45) is 0 Å². The topological polar surface area (TPSA) is 85.9 Å². The molecular formula is C13H24N2O5. The van der Waals surface area contributed by atoms with Gasteiger partial charge in [0.15, 0.2) is 0 Å². The van der Waals surface area contributed by atoms with Crippen LogP contribution in [0.4, 0.5) is 0 Å². The number of carbonyl (C=O) groups is 2. The van der Waals surface area contributed by atoms with E-state index in [0.29, 0.717) is 45.1 Å². The number of hydrogen-bond donors (Lipinski definition) is 2. The second kappa shape index (κ2) is 12.6. The van der Waals surface area contributed by atoms with E-state index in [2.05, 4.69) is 21.9 Å². The number of nitrogens with one attached hydrogen (secondary N) is 2. The number of rotatable bonds is 12. The standard InChI is InChI=1S/C13H24N2O5/c1-11(2)13(17)15-5-7-20-9-8-19-6-4-14-12(16)10-18-3/h1,4-10H2,2-3H3,(H,14,16)(H,15,17). The first-order valence-corrected chi connectivity index (χ1v) is 6.42. The number of methoxy groups -OCH3 is 1. The lowest BCUT2D eigenvalue weighted by molar-refractivity contribution is -0.125. The molecule has 0 aromatic rings. The van der Waals surface area contributed by atoms with Gasteiger partial charge in [0.25, 0.3) is 0 Å². The second-order valence-corrected chi connectivity index (χ2v) is 4.04. The third-order valence-corrected chi connectivity index (χ3v) is 2.14. The van der Waals surface area contributed by atoms with E-state index in [9.17, 15) is 9.59 Å². The molecule has 0 rings (SSSR count). The normalized spacial score (nSPS) is 10.1. The van der Waals surface area contributed by atoms with Crippen LogP contribution < -0.4 is 10.6 Å². The summed E-state index contributed by atoms with van der Waals surface area (Å²) in [6.07, 6.45) is 0. The molecule has 2 amide bonds. The molecule has 0 fully saturated rings. The molecule has 0 aliphatic carbocycles. The Morgan fingerprint density at radius 3 is 2.05 bits per heavy atom. The van der Waals surface area contributed by atoms with E-state index < -0.39 is 0 Å². The van der Waals surface area contributed by atoms with E-state index in [-0.39, 0.29) is 18.4 Å². The third-order valence-electron chi connectivity index (χ3n) is 2.14. The molecule has 116 valence electrons. The van der Waals surface area contributed by atoms with Crippen molar-refractivity contribution in [3.63, 3.8) is 0 Å². The Balaban J connectivity index is 3.19. The zero-order valence-corrected chi connectivity index (χ0v) is 12.2. The molecular weight excluding hydrogens is 264 g/mol. The van der Waals surface area contributed by atoms with Crippen LogP contribution in [0.25, 0.3) is 0 Å². The maximum Gasteiger partial charge on any atom is 0.246 e. The van der Waals surface area contributed by atoms with Crippen molar-refractivity contribution >= 4 is 11.8 Å². The van der Waals surface area contributed by atoms with E-state index in [4.69, 9.17) is 9.47 Å². The second-order valence-electron chi connectivity index (χ2n) is 4.04. The van der Waals surface area contributed by atoms with Crippen molar-refractivity contribution in [1.82, 2.24) is 10.6 Å². The van der Waals surface area contributed by atoms with Crippen LogP contribution in [0.15, 0.2) is 12.2 Å². The van der Waals surface area contributed by atoms with Gasteiger partial charge in [-0.1, -0.05) is 6.58 Å². The van der Waals surface area contributed by atoms with Crippen LogP contribution in [0, 0.1) is 0 Å². The number of ether oxygens (including phenoxy) is 3. The minimum Gasteiger partial charge on any atom is -0.377 e. The Bertz CT molecular complexity index is 307. The van der Waals surface area contributed by atoms with Gasteiger partial charge < -0.3 is 24.8 Å². The van der Waals surface area contributed by atoms with Gasteiger partial charge in [-0.15, -0.1) is 0 Å². The molecule has 0 unspecified atom stereocenters. The van der Waals surface area contributed by atoms with Crippen molar-refractivity contribution in [2.45, 2.75) is 6.92 Å². The molecule has 0 aromatic heterocycles. The first kappa shape index (κ1) is 18.6. The zero-order valence-electron chi connectivity index (χ0n) is 12.2. The van der Waals surface area contributed by atoms with Gasteiger partial charge in [-0.2, -0.15) is 0 Å². The molecule has 0 aliphatic rings. The van der Waals surface area contributed by atoms with Gasteiger partial charge in [-0.05, 0) is 6.92 Å². The van der Waals surface area contributed by atoms with Crippen molar-refractivity contribution < 1.29 is 23.8 Å². The molecule has 0 radical (unpaired) electrons. The summed E-state index contributed by atoms with van der Waals surface area (Å²) in [6.45, 7) is 7.84. The predicted octanol–water partition coefficient (Wildman–Crippen LogP) is -0.525. The molecule has 0 saturated carbocycles. The van der Waals surface area contributed by atoms with Gasteiger partial charge in [-0.25, -0.2) is 0 Å². The Kier molecular flexibility index (Phi) is 11.7. The van der Waals surface area contributed by atoms with Gasteiger partial charge in [0.2, 0.25) is 11.8 Å². The Labute approximate surface area is 119 Å². The summed E-state index contributed by atoms with van der Waals surface area (Å²) in [5, 5.41) is 5.29. The SMILES string of the molecule is C=C(C)C(=O)NCCOCCOCCNC(=O)COC. The zero-order chi connectivity index (χ0) is 15.2. The lowest BCUT2D eigenvalue weighted by Gasteiger charge is -2.07. The van der Waals surface area contributed by atoms with Crippen LogP contribution in [0.2, 0.25) is 0 Å². The maximum atomic E-state index is 11.1. The van der Waals surface area contributed by atoms with E-state index in [1.54, 1.807) is 6.92 Å². The Hall–Kier alpha value is -1.44. The molecule has 0 heterocycles. The Morgan fingerprint density at radius 2 is 1.55 bits per heavy atom. The highest BCUT2D eigenvalue weighted by molar-refractivity contribution is 5.92. The van der Waals surface area contributed by atoms with Gasteiger partial charge in [0.05, 0.1) is 26.4 Å². The molecule has 0 aromatic carbocycles. The number of amides is 2. The van der Waals surface area contributed by atoms with Gasteiger partial charge >= 0.3 is 0 Å². The van der Waals surface area contributed by atoms with Gasteiger partial charge in [-0.3, -0.25) is 9.59 Å². The number of carbonyl (C=O) groups excluding carboxylic acids is 2. The van der Waals surface area contributed by atoms with Crippen LogP contribution in [0.1, 0.15) is 6.92 Å². The first-order valence-electron chi connectivity index (χ1n) is 6.42. The summed E-state index contributed by atoms with van der Waals surface area (Å²) in [4.78, 5) is 22.1. The van der Waals surface area contributed by atoms with Crippen LogP contribution >= 0.6 is 0 Å². The summed E-state index contributed by atoms with van der Waals surface area (Å²) in [7, 11) is 1.46. The van der Waals surface area contributed by atoms with Crippen molar-refractivity contribution in [2.75, 3.05) is 53.2 Å². The lowest BCUT2D eigenvalue weighted by Crippen LogP contribution is -2.30. The highest BCUT2D eigenvalue weighted by Crippen LogP contribution is 1.85. The van der Waals surface area contributed by atoms with Crippen molar-refractivity contribution in [1.29, 1.82) is 0 Å². The van der Waals surface area contributed by atoms with Crippen LogP contribution in [-0.2, 0) is 23.8 Å². The van der Waals surface area contributed by atoms with Gasteiger partial charge in [0.1, 0.15) is 6.61 Å². The molecule has 0 aliphatic heterocycles. The lowest BCUT2D eigenvalue weighted by atomic mass is 10.3. The highest BCUT2D eigenvalue weighted by atomic mass is 16.5. The van der Waals surface area contributed by atoms with Crippen LogP contribution in [-0.4, -0.2) is 65.0 Å². The third kappa shape index (κ3) is 11.6. The first-order chi connectivity index (χ1) is 9.57. The van der Waals surface area contributed by atoms with E-state index in [1.165, 1.54) is 7.11 Å². The molecule has 0 spiro atoms. The largest absolute Gasteiger partial charge is 0.377 e. The fourth-order valence-electron chi connectivity index (χ4n) is 1.15. The summed E-state index contributed by atoms with van der Waals surface area (Å²) in [5.74, 6) is -0.336. The molecule has 0 bridgehead atoms. The van der Waals surface area contributed by atoms with E-state index >= 15 is 0 Å². The molecule has 20 heavy (non-hydrogen) atoms. The minimum absolute atomic E-state index is 0.0546. The van der Waals surface area contributed by atoms with Crippen LogP contribution in [0.5, 0.6) is 0 Å². The summed E-state index contributed by atoms with van der Waals surface area (Å²) in [6, 6.07) is 0. The monoisotopic (exact) mass is 288 g/mol. The molecule has 2 N–H and O–H groups in total. The molecule has 0 saturated heterocycles. The number of hydrogen-bond acceptors (Lipinski definition) is 5. The fourth-order valence-corrected chi connectivity index (χ4v) is 1.15. The summed E-state index contributed by atoms with van der Waals surface area (Å²) >= 11 is 0. The summed E-state index contributed by atoms with van der Waals surface area (Å²) in [5.41, 5.74) is 0.476. The minimum atomic E-state index is -0.170. The molecule has 7 heteroatoms. The predicted molar refractivity (Wildman–Crippen MR) is 74.3 cm³/mol. The van der Waals surface area contributed by atoms with Crippen LogP contribution in [0.3, 0.4) is 0 Å².